The van der Waals surface area contributed by atoms with E-state index in [9.17, 15) is 0 Å². The SMILES string of the molecule is COc1ccc(NC2=NC(c3ccc(Cl)cc3)=NC2=NC(C)(C)C)cc1. The van der Waals surface area contributed by atoms with Gasteiger partial charge in [-0.3, -0.25) is 4.99 Å². The van der Waals surface area contributed by atoms with Gasteiger partial charge in [0.1, 0.15) is 5.75 Å². The number of anilines is 1. The molecule has 0 aliphatic carbocycles. The first-order valence-electron chi connectivity index (χ1n) is 8.29. The summed E-state index contributed by atoms with van der Waals surface area (Å²) in [7, 11) is 1.64. The molecule has 3 rings (SSSR count). The van der Waals surface area contributed by atoms with Crippen molar-refractivity contribution in [3.63, 3.8) is 0 Å². The van der Waals surface area contributed by atoms with Gasteiger partial charge in [0.05, 0.1) is 12.6 Å². The molecule has 0 atom stereocenters. The molecule has 1 N–H and O–H groups in total. The van der Waals surface area contributed by atoms with Crippen molar-refractivity contribution in [3.05, 3.63) is 59.1 Å². The van der Waals surface area contributed by atoms with Crippen molar-refractivity contribution in [2.45, 2.75) is 26.3 Å². The highest BCUT2D eigenvalue weighted by Crippen LogP contribution is 2.19. The molecular formula is C20H21ClN4O. The Kier molecular flexibility index (Phi) is 5.09. The van der Waals surface area contributed by atoms with Crippen molar-refractivity contribution < 1.29 is 4.74 Å². The molecule has 2 aromatic rings. The fourth-order valence-corrected chi connectivity index (χ4v) is 2.48. The maximum atomic E-state index is 5.97. The van der Waals surface area contributed by atoms with E-state index in [0.29, 0.717) is 22.5 Å². The minimum Gasteiger partial charge on any atom is -0.497 e. The van der Waals surface area contributed by atoms with Crippen LogP contribution in [0.1, 0.15) is 26.3 Å². The lowest BCUT2D eigenvalue weighted by Gasteiger charge is -2.13. The highest BCUT2D eigenvalue weighted by atomic mass is 35.5. The molecule has 1 aliphatic rings. The van der Waals surface area contributed by atoms with Crippen molar-refractivity contribution in [2.24, 2.45) is 15.0 Å². The quantitative estimate of drug-likeness (QED) is 0.844. The Labute approximate surface area is 158 Å². The Bertz CT molecular complexity index is 876. The number of amidine groups is 3. The van der Waals surface area contributed by atoms with Crippen molar-refractivity contribution in [2.75, 3.05) is 12.4 Å². The maximum Gasteiger partial charge on any atom is 0.193 e. The largest absolute Gasteiger partial charge is 0.497 e. The zero-order chi connectivity index (χ0) is 18.7. The number of methoxy groups -OCH3 is 1. The van der Waals surface area contributed by atoms with E-state index in [1.807, 2.05) is 69.3 Å². The van der Waals surface area contributed by atoms with Crippen LogP contribution in [-0.4, -0.2) is 30.2 Å². The van der Waals surface area contributed by atoms with Crippen molar-refractivity contribution in [1.82, 2.24) is 0 Å². The molecule has 5 nitrogen and oxygen atoms in total. The Balaban J connectivity index is 1.93. The number of ether oxygens (including phenoxy) is 1. The van der Waals surface area contributed by atoms with Crippen LogP contribution in [0.4, 0.5) is 5.69 Å². The van der Waals surface area contributed by atoms with Crippen LogP contribution in [0.3, 0.4) is 0 Å². The van der Waals surface area contributed by atoms with Gasteiger partial charge in [-0.1, -0.05) is 11.6 Å². The van der Waals surface area contributed by atoms with Crippen LogP contribution in [0.25, 0.3) is 0 Å². The molecule has 1 heterocycles. The standard InChI is InChI=1S/C20H21ClN4O/c1-20(2,3)25-19-18(22-15-9-11-16(26-4)12-10-15)23-17(24-19)13-5-7-14(21)8-6-13/h5-12H,1-4H3,(H,22,23,24,25). The van der Waals surface area contributed by atoms with Crippen molar-refractivity contribution >= 4 is 34.8 Å². The van der Waals surface area contributed by atoms with Gasteiger partial charge in [-0.05, 0) is 69.3 Å². The predicted octanol–water partition coefficient (Wildman–Crippen LogP) is 4.82. The summed E-state index contributed by atoms with van der Waals surface area (Å²) in [5.41, 5.74) is 1.51. The molecule has 1 aliphatic heterocycles. The first kappa shape index (κ1) is 18.1. The highest BCUT2D eigenvalue weighted by Gasteiger charge is 2.22. The highest BCUT2D eigenvalue weighted by molar-refractivity contribution is 6.51. The van der Waals surface area contributed by atoms with Crippen LogP contribution in [0.2, 0.25) is 5.02 Å². The molecule has 26 heavy (non-hydrogen) atoms. The van der Waals surface area contributed by atoms with E-state index in [0.717, 1.165) is 17.0 Å². The number of halogens is 1. The summed E-state index contributed by atoms with van der Waals surface area (Å²) in [6.07, 6.45) is 0. The molecule has 0 saturated heterocycles. The van der Waals surface area contributed by atoms with Crippen LogP contribution >= 0.6 is 11.6 Å². The zero-order valence-electron chi connectivity index (χ0n) is 15.2. The summed E-state index contributed by atoms with van der Waals surface area (Å²) in [6, 6.07) is 15.1. The van der Waals surface area contributed by atoms with Crippen LogP contribution in [0.5, 0.6) is 5.75 Å². The molecular weight excluding hydrogens is 348 g/mol. The minimum atomic E-state index is -0.267. The number of hydrogen-bond donors (Lipinski definition) is 1. The van der Waals surface area contributed by atoms with Gasteiger partial charge >= 0.3 is 0 Å². The average molecular weight is 369 g/mol. The molecule has 0 fully saturated rings. The number of benzene rings is 2. The Morgan fingerprint density at radius 2 is 1.62 bits per heavy atom. The molecule has 0 bridgehead atoms. The number of hydrogen-bond acceptors (Lipinski definition) is 4. The molecule has 0 radical (unpaired) electrons. The first-order valence-corrected chi connectivity index (χ1v) is 8.66. The Morgan fingerprint density at radius 3 is 2.19 bits per heavy atom. The summed E-state index contributed by atoms with van der Waals surface area (Å²) in [4.78, 5) is 14.0. The van der Waals surface area contributed by atoms with E-state index in [2.05, 4.69) is 15.3 Å². The summed E-state index contributed by atoms with van der Waals surface area (Å²) in [5, 5.41) is 3.98. The molecule has 0 unspecified atom stereocenters. The van der Waals surface area contributed by atoms with E-state index in [1.54, 1.807) is 7.11 Å². The lowest BCUT2D eigenvalue weighted by Crippen LogP contribution is -2.23. The third-order valence-corrected chi connectivity index (χ3v) is 3.79. The minimum absolute atomic E-state index is 0.267. The van der Waals surface area contributed by atoms with Crippen LogP contribution in [0.15, 0.2) is 63.5 Å². The molecule has 0 saturated carbocycles. The summed E-state index contributed by atoms with van der Waals surface area (Å²) >= 11 is 5.97. The normalized spacial score (nSPS) is 15.7. The second kappa shape index (κ2) is 7.30. The smallest absolute Gasteiger partial charge is 0.193 e. The summed E-state index contributed by atoms with van der Waals surface area (Å²) in [6.45, 7) is 6.09. The lowest BCUT2D eigenvalue weighted by molar-refractivity contribution is 0.415. The number of nitrogens with one attached hydrogen (secondary N) is 1. The molecule has 6 heteroatoms. The predicted molar refractivity (Wildman–Crippen MR) is 109 cm³/mol. The van der Waals surface area contributed by atoms with Gasteiger partial charge in [0.25, 0.3) is 0 Å². The van der Waals surface area contributed by atoms with Crippen molar-refractivity contribution in [1.29, 1.82) is 0 Å². The van der Waals surface area contributed by atoms with Crippen LogP contribution in [0, 0.1) is 0 Å². The van der Waals surface area contributed by atoms with Crippen LogP contribution < -0.4 is 10.1 Å². The molecule has 0 spiro atoms. The van der Waals surface area contributed by atoms with Gasteiger partial charge in [0.15, 0.2) is 17.5 Å². The molecule has 134 valence electrons. The number of aliphatic imine (C=N–C) groups is 3. The Hall–Kier alpha value is -2.66. The van der Waals surface area contributed by atoms with E-state index >= 15 is 0 Å². The average Bonchev–Trinajstić information content (AvgIpc) is 2.97. The van der Waals surface area contributed by atoms with Gasteiger partial charge in [-0.25, -0.2) is 9.98 Å². The van der Waals surface area contributed by atoms with E-state index in [1.165, 1.54) is 0 Å². The number of rotatable bonds is 3. The van der Waals surface area contributed by atoms with Gasteiger partial charge < -0.3 is 10.1 Å². The maximum absolute atomic E-state index is 5.97. The van der Waals surface area contributed by atoms with Crippen molar-refractivity contribution in [3.8, 4) is 5.75 Å². The fourth-order valence-electron chi connectivity index (χ4n) is 2.35. The van der Waals surface area contributed by atoms with Gasteiger partial charge in [-0.2, -0.15) is 0 Å². The monoisotopic (exact) mass is 368 g/mol. The van der Waals surface area contributed by atoms with E-state index in [4.69, 9.17) is 21.3 Å². The summed E-state index contributed by atoms with van der Waals surface area (Å²) in [5.74, 6) is 2.61. The second-order valence-electron chi connectivity index (χ2n) is 6.86. The lowest BCUT2D eigenvalue weighted by atomic mass is 10.1. The second-order valence-corrected chi connectivity index (χ2v) is 7.30. The third kappa shape index (κ3) is 4.49. The van der Waals surface area contributed by atoms with E-state index < -0.39 is 0 Å². The van der Waals surface area contributed by atoms with Gasteiger partial charge in [-0.15, -0.1) is 0 Å². The summed E-state index contributed by atoms with van der Waals surface area (Å²) < 4.78 is 5.20. The van der Waals surface area contributed by atoms with Gasteiger partial charge in [0, 0.05) is 16.3 Å². The molecule has 2 aromatic carbocycles. The fraction of sp³-hybridized carbons (Fsp3) is 0.250. The zero-order valence-corrected chi connectivity index (χ0v) is 16.0. The third-order valence-electron chi connectivity index (χ3n) is 3.54. The van der Waals surface area contributed by atoms with E-state index in [-0.39, 0.29) is 5.54 Å². The topological polar surface area (TPSA) is 58.3 Å². The number of nitrogens with zero attached hydrogens (tertiary/aromatic N) is 3. The Morgan fingerprint density at radius 1 is 0.962 bits per heavy atom. The first-order chi connectivity index (χ1) is 12.3. The van der Waals surface area contributed by atoms with Gasteiger partial charge in [0.2, 0.25) is 0 Å². The molecule has 0 aromatic heterocycles. The van der Waals surface area contributed by atoms with Crippen LogP contribution in [-0.2, 0) is 0 Å². The molecule has 0 amide bonds.